The van der Waals surface area contributed by atoms with Crippen LogP contribution in [0.25, 0.3) is 0 Å². The van der Waals surface area contributed by atoms with Crippen LogP contribution in [0.4, 0.5) is 10.1 Å². The van der Waals surface area contributed by atoms with Gasteiger partial charge >= 0.3 is 0 Å². The molecule has 88 valence electrons. The lowest BCUT2D eigenvalue weighted by molar-refractivity contribution is 0.386. The van der Waals surface area contributed by atoms with E-state index in [1.165, 1.54) is 24.9 Å². The fraction of sp³-hybridized carbons (Fsp3) is 0.364. The van der Waals surface area contributed by atoms with Crippen molar-refractivity contribution in [2.45, 2.75) is 0 Å². The lowest BCUT2D eigenvalue weighted by Crippen LogP contribution is -2.23. The molecule has 0 atom stereocenters. The molecular weight excluding hydrogens is 227 g/mol. The molecule has 1 rings (SSSR count). The van der Waals surface area contributed by atoms with Crippen molar-refractivity contribution in [3.8, 4) is 5.75 Å². The van der Waals surface area contributed by atoms with Crippen molar-refractivity contribution in [1.82, 2.24) is 0 Å². The van der Waals surface area contributed by atoms with Gasteiger partial charge in [0.05, 0.1) is 7.11 Å². The van der Waals surface area contributed by atoms with Crippen molar-refractivity contribution in [3.05, 3.63) is 24.0 Å². The Bertz CT molecular complexity index is 396. The maximum absolute atomic E-state index is 13.2. The second kappa shape index (κ2) is 5.75. The van der Waals surface area contributed by atoms with Crippen LogP contribution in [0.15, 0.2) is 23.2 Å². The molecule has 0 saturated heterocycles. The van der Waals surface area contributed by atoms with E-state index in [0.29, 0.717) is 0 Å². The summed E-state index contributed by atoms with van der Waals surface area (Å²) < 4.78 is 18.2. The zero-order valence-corrected chi connectivity index (χ0v) is 10.6. The lowest BCUT2D eigenvalue weighted by atomic mass is 10.3. The first kappa shape index (κ1) is 12.8. The molecule has 3 nitrogen and oxygen atoms in total. The topological polar surface area (TPSA) is 24.8 Å². The van der Waals surface area contributed by atoms with Gasteiger partial charge in [-0.15, -0.1) is 0 Å². The van der Waals surface area contributed by atoms with Crippen LogP contribution in [0, 0.1) is 5.82 Å². The van der Waals surface area contributed by atoms with Crippen LogP contribution in [-0.4, -0.2) is 32.6 Å². The first-order valence-corrected chi connectivity index (χ1v) is 5.94. The number of benzene rings is 1. The number of thioether (sulfide) groups is 1. The number of nitrogens with zero attached hydrogens (tertiary/aromatic N) is 2. The Labute approximate surface area is 99.3 Å². The first-order chi connectivity index (χ1) is 7.63. The van der Waals surface area contributed by atoms with Crippen LogP contribution in [0.5, 0.6) is 5.75 Å². The largest absolute Gasteiger partial charge is 0.494 e. The molecule has 0 N–H and O–H groups in total. The summed E-state index contributed by atoms with van der Waals surface area (Å²) in [6.45, 7) is 0. The Hall–Kier alpha value is -1.23. The smallest absolute Gasteiger partial charge is 0.165 e. The summed E-state index contributed by atoms with van der Waals surface area (Å²) in [5, 5.41) is 0.855. The Morgan fingerprint density at radius 3 is 2.69 bits per heavy atom. The van der Waals surface area contributed by atoms with Crippen molar-refractivity contribution < 1.29 is 9.13 Å². The van der Waals surface area contributed by atoms with Gasteiger partial charge in [0.15, 0.2) is 16.7 Å². The molecule has 0 fully saturated rings. The monoisotopic (exact) mass is 242 g/mol. The van der Waals surface area contributed by atoms with Crippen LogP contribution in [0.1, 0.15) is 0 Å². The van der Waals surface area contributed by atoms with E-state index in [1.54, 1.807) is 19.2 Å². The summed E-state index contributed by atoms with van der Waals surface area (Å²) in [4.78, 5) is 6.01. The Morgan fingerprint density at radius 1 is 1.50 bits per heavy atom. The minimum Gasteiger partial charge on any atom is -0.494 e. The predicted molar refractivity (Wildman–Crippen MR) is 68.2 cm³/mol. The normalized spacial score (nSPS) is 11.4. The van der Waals surface area contributed by atoms with Crippen molar-refractivity contribution in [1.29, 1.82) is 0 Å². The van der Waals surface area contributed by atoms with Gasteiger partial charge in [-0.1, -0.05) is 11.8 Å². The van der Waals surface area contributed by atoms with Gasteiger partial charge < -0.3 is 9.64 Å². The van der Waals surface area contributed by atoms with Gasteiger partial charge in [-0.05, 0) is 18.4 Å². The quantitative estimate of drug-likeness (QED) is 0.588. The number of hydrogen-bond acceptors (Lipinski definition) is 3. The molecule has 0 aliphatic rings. The summed E-state index contributed by atoms with van der Waals surface area (Å²) in [6.07, 6.45) is 1.94. The number of amidine groups is 1. The molecule has 0 aromatic heterocycles. The second-order valence-corrected chi connectivity index (χ2v) is 3.86. The molecule has 0 aliphatic carbocycles. The molecule has 16 heavy (non-hydrogen) atoms. The van der Waals surface area contributed by atoms with E-state index < -0.39 is 0 Å². The number of aliphatic imine (C=N–C) groups is 1. The van der Waals surface area contributed by atoms with Gasteiger partial charge in [-0.25, -0.2) is 4.39 Å². The number of ether oxygens (including phenoxy) is 1. The van der Waals surface area contributed by atoms with E-state index in [2.05, 4.69) is 4.99 Å². The molecule has 1 aromatic rings. The Balaban J connectivity index is 3.04. The number of methoxy groups -OCH3 is 1. The van der Waals surface area contributed by atoms with E-state index in [4.69, 9.17) is 4.74 Å². The van der Waals surface area contributed by atoms with E-state index in [9.17, 15) is 4.39 Å². The zero-order chi connectivity index (χ0) is 12.1. The first-order valence-electron chi connectivity index (χ1n) is 4.72. The Morgan fingerprint density at radius 2 is 2.19 bits per heavy atom. The highest BCUT2D eigenvalue weighted by Gasteiger charge is 2.10. The molecule has 5 heteroatoms. The van der Waals surface area contributed by atoms with Crippen LogP contribution < -0.4 is 9.64 Å². The number of hydrogen-bond donors (Lipinski definition) is 0. The molecule has 0 spiro atoms. The minimum absolute atomic E-state index is 0.237. The van der Waals surface area contributed by atoms with E-state index in [1.807, 2.05) is 18.2 Å². The van der Waals surface area contributed by atoms with Gasteiger partial charge in [0.2, 0.25) is 0 Å². The van der Waals surface area contributed by atoms with Crippen molar-refractivity contribution >= 4 is 22.6 Å². The van der Waals surface area contributed by atoms with Crippen LogP contribution in [-0.2, 0) is 0 Å². The standard InChI is InChI=1S/C11H15FN2OS/c1-13-11(16-4)14(2)8-5-6-9(12)10(7-8)15-3/h5-7H,1-4H3. The summed E-state index contributed by atoms with van der Waals surface area (Å²) in [5.74, 6) is -0.125. The van der Waals surface area contributed by atoms with Crippen molar-refractivity contribution in [2.75, 3.05) is 32.4 Å². The summed E-state index contributed by atoms with van der Waals surface area (Å²) in [5.41, 5.74) is 0.841. The molecule has 1 aromatic carbocycles. The molecule has 0 aliphatic heterocycles. The average Bonchev–Trinajstić information content (AvgIpc) is 2.31. The molecular formula is C11H15FN2OS. The number of halogens is 1. The molecule has 0 amide bonds. The van der Waals surface area contributed by atoms with Gasteiger partial charge in [-0.3, -0.25) is 4.99 Å². The van der Waals surface area contributed by atoms with Crippen LogP contribution >= 0.6 is 11.8 Å². The van der Waals surface area contributed by atoms with Gasteiger partial charge in [0.25, 0.3) is 0 Å². The van der Waals surface area contributed by atoms with Crippen LogP contribution in [0.3, 0.4) is 0 Å². The fourth-order valence-corrected chi connectivity index (χ4v) is 1.91. The fourth-order valence-electron chi connectivity index (χ4n) is 1.35. The lowest BCUT2D eigenvalue weighted by Gasteiger charge is -2.20. The van der Waals surface area contributed by atoms with Crippen LogP contribution in [0.2, 0.25) is 0 Å². The third-order valence-electron chi connectivity index (χ3n) is 2.18. The molecule has 0 unspecified atom stereocenters. The molecule has 0 saturated carbocycles. The SMILES string of the molecule is CN=C(SC)N(C)c1ccc(F)c(OC)c1. The highest BCUT2D eigenvalue weighted by molar-refractivity contribution is 8.13. The molecule has 0 bridgehead atoms. The third-order valence-corrected chi connectivity index (χ3v) is 3.00. The molecule has 0 radical (unpaired) electrons. The highest BCUT2D eigenvalue weighted by atomic mass is 32.2. The highest BCUT2D eigenvalue weighted by Crippen LogP contribution is 2.25. The van der Waals surface area contributed by atoms with Gasteiger partial charge in [-0.2, -0.15) is 0 Å². The predicted octanol–water partition coefficient (Wildman–Crippen LogP) is 2.62. The van der Waals surface area contributed by atoms with E-state index in [-0.39, 0.29) is 11.6 Å². The summed E-state index contributed by atoms with van der Waals surface area (Å²) >= 11 is 1.53. The average molecular weight is 242 g/mol. The zero-order valence-electron chi connectivity index (χ0n) is 9.82. The number of rotatable bonds is 2. The van der Waals surface area contributed by atoms with Crippen molar-refractivity contribution in [2.24, 2.45) is 4.99 Å². The minimum atomic E-state index is -0.362. The van der Waals surface area contributed by atoms with Gasteiger partial charge in [0, 0.05) is 25.8 Å². The number of anilines is 1. The third kappa shape index (κ3) is 2.66. The van der Waals surface area contributed by atoms with Crippen molar-refractivity contribution in [3.63, 3.8) is 0 Å². The maximum Gasteiger partial charge on any atom is 0.165 e. The van der Waals surface area contributed by atoms with E-state index in [0.717, 1.165) is 10.9 Å². The second-order valence-electron chi connectivity index (χ2n) is 3.09. The van der Waals surface area contributed by atoms with E-state index >= 15 is 0 Å². The summed E-state index contributed by atoms with van der Waals surface area (Å²) in [6, 6.07) is 4.73. The summed E-state index contributed by atoms with van der Waals surface area (Å²) in [7, 11) is 5.06. The molecule has 0 heterocycles. The Kier molecular flexibility index (Phi) is 4.61. The van der Waals surface area contributed by atoms with Gasteiger partial charge in [0.1, 0.15) is 0 Å². The maximum atomic E-state index is 13.2.